The maximum Gasteiger partial charge on any atom is 0.143 e. The fraction of sp³-hybridized carbons (Fsp3) is 0.0370. The zero-order valence-electron chi connectivity index (χ0n) is 31.4. The van der Waals surface area contributed by atoms with Crippen molar-refractivity contribution in [2.75, 3.05) is 0 Å². The van der Waals surface area contributed by atoms with Gasteiger partial charge in [-0.3, -0.25) is 9.97 Å². The number of hydrogen-bond acceptors (Lipinski definition) is 4. The van der Waals surface area contributed by atoms with Crippen molar-refractivity contribution in [3.05, 3.63) is 199 Å². The van der Waals surface area contributed by atoms with Crippen molar-refractivity contribution in [1.29, 1.82) is 0 Å². The SMILES string of the molecule is C1=Cc2c(oc3ccccc23)C(c2ccc(-c3ccnc(-c4cc(-c5ccc(-c6cccc7c6oc6ccccc67)c6ccccc56)ccn4)c3)c3ccccc23)C1. The number of aromatic nitrogens is 2. The van der Waals surface area contributed by atoms with Crippen LogP contribution in [0.2, 0.25) is 0 Å². The molecular formula is C54H34N2O2. The minimum absolute atomic E-state index is 0.135. The first-order valence-electron chi connectivity index (χ1n) is 19.8. The zero-order valence-corrected chi connectivity index (χ0v) is 31.4. The maximum atomic E-state index is 6.53. The average Bonchev–Trinajstić information content (AvgIpc) is 3.87. The Kier molecular flexibility index (Phi) is 7.32. The van der Waals surface area contributed by atoms with Gasteiger partial charge < -0.3 is 8.83 Å². The van der Waals surface area contributed by atoms with E-state index in [2.05, 4.69) is 158 Å². The van der Waals surface area contributed by atoms with Crippen LogP contribution in [-0.2, 0) is 0 Å². The van der Waals surface area contributed by atoms with Crippen LogP contribution in [0.5, 0.6) is 0 Å². The second kappa shape index (κ2) is 13.0. The highest BCUT2D eigenvalue weighted by molar-refractivity contribution is 6.14. The van der Waals surface area contributed by atoms with E-state index in [4.69, 9.17) is 18.8 Å². The van der Waals surface area contributed by atoms with Gasteiger partial charge in [0.25, 0.3) is 0 Å². The number of hydrogen-bond donors (Lipinski definition) is 0. The molecule has 12 rings (SSSR count). The van der Waals surface area contributed by atoms with Crippen molar-refractivity contribution in [1.82, 2.24) is 9.97 Å². The lowest BCUT2D eigenvalue weighted by molar-refractivity contribution is 0.518. The second-order valence-electron chi connectivity index (χ2n) is 15.2. The molecule has 4 aromatic heterocycles. The quantitative estimate of drug-likeness (QED) is 0.176. The van der Waals surface area contributed by atoms with Gasteiger partial charge in [0.05, 0.1) is 11.4 Å². The Bertz CT molecular complexity index is 3460. The number of pyridine rings is 2. The minimum atomic E-state index is 0.135. The molecule has 272 valence electrons. The van der Waals surface area contributed by atoms with Crippen LogP contribution in [0.3, 0.4) is 0 Å². The van der Waals surface area contributed by atoms with E-state index in [-0.39, 0.29) is 5.92 Å². The number of benzene rings is 7. The molecule has 0 saturated heterocycles. The summed E-state index contributed by atoms with van der Waals surface area (Å²) in [5.74, 6) is 1.18. The number of furan rings is 2. The average molecular weight is 743 g/mol. The smallest absolute Gasteiger partial charge is 0.143 e. The molecule has 11 aromatic rings. The number of nitrogens with zero attached hydrogens (tertiary/aromatic N) is 2. The third kappa shape index (κ3) is 5.08. The maximum absolute atomic E-state index is 6.53. The summed E-state index contributed by atoms with van der Waals surface area (Å²) in [7, 11) is 0. The Morgan fingerprint density at radius 2 is 0.983 bits per heavy atom. The van der Waals surface area contributed by atoms with Crippen molar-refractivity contribution in [3.8, 4) is 44.8 Å². The van der Waals surface area contributed by atoms with E-state index in [1.54, 1.807) is 0 Å². The van der Waals surface area contributed by atoms with Crippen LogP contribution in [0.4, 0.5) is 0 Å². The monoisotopic (exact) mass is 742 g/mol. The highest BCUT2D eigenvalue weighted by atomic mass is 16.3. The molecule has 0 fully saturated rings. The number of rotatable bonds is 5. The van der Waals surface area contributed by atoms with Gasteiger partial charge in [-0.15, -0.1) is 0 Å². The molecule has 4 heteroatoms. The lowest BCUT2D eigenvalue weighted by Gasteiger charge is -2.21. The van der Waals surface area contributed by atoms with Gasteiger partial charge in [0.1, 0.15) is 22.5 Å². The van der Waals surface area contributed by atoms with Gasteiger partial charge in [-0.05, 0) is 97.7 Å². The van der Waals surface area contributed by atoms with Gasteiger partial charge in [-0.1, -0.05) is 140 Å². The van der Waals surface area contributed by atoms with E-state index < -0.39 is 0 Å². The van der Waals surface area contributed by atoms with Crippen molar-refractivity contribution in [2.45, 2.75) is 12.3 Å². The molecule has 0 spiro atoms. The molecule has 1 unspecified atom stereocenters. The molecule has 0 saturated carbocycles. The molecule has 1 aliphatic rings. The van der Waals surface area contributed by atoms with Crippen molar-refractivity contribution < 1.29 is 8.83 Å². The molecule has 4 nitrogen and oxygen atoms in total. The number of para-hydroxylation sites is 3. The summed E-state index contributed by atoms with van der Waals surface area (Å²) in [4.78, 5) is 9.71. The van der Waals surface area contributed by atoms with Crippen molar-refractivity contribution in [2.24, 2.45) is 0 Å². The van der Waals surface area contributed by atoms with Gasteiger partial charge in [0, 0.05) is 45.6 Å². The summed E-state index contributed by atoms with van der Waals surface area (Å²) in [5.41, 5.74) is 13.6. The molecule has 0 aliphatic heterocycles. The summed E-state index contributed by atoms with van der Waals surface area (Å²) < 4.78 is 13.0. The van der Waals surface area contributed by atoms with E-state index in [1.807, 2.05) is 30.6 Å². The van der Waals surface area contributed by atoms with Crippen molar-refractivity contribution >= 4 is 60.5 Å². The summed E-state index contributed by atoms with van der Waals surface area (Å²) in [6.45, 7) is 0. The van der Waals surface area contributed by atoms with E-state index in [9.17, 15) is 0 Å². The molecule has 7 aromatic carbocycles. The molecule has 0 amide bonds. The Labute approximate surface area is 334 Å². The number of allylic oxidation sites excluding steroid dienone is 1. The molecule has 58 heavy (non-hydrogen) atoms. The molecular weight excluding hydrogens is 709 g/mol. The van der Waals surface area contributed by atoms with Crippen LogP contribution >= 0.6 is 0 Å². The third-order valence-corrected chi connectivity index (χ3v) is 12.0. The highest BCUT2D eigenvalue weighted by Gasteiger charge is 2.27. The Hall–Kier alpha value is -7.56. The van der Waals surface area contributed by atoms with E-state index in [1.165, 1.54) is 38.1 Å². The van der Waals surface area contributed by atoms with E-state index in [0.717, 1.165) is 84.5 Å². The largest absolute Gasteiger partial charge is 0.460 e. The van der Waals surface area contributed by atoms with Crippen LogP contribution in [0.15, 0.2) is 191 Å². The first-order chi connectivity index (χ1) is 28.8. The highest BCUT2D eigenvalue weighted by Crippen LogP contribution is 2.45. The molecule has 1 aliphatic carbocycles. The molecule has 0 bridgehead atoms. The molecule has 1 atom stereocenters. The topological polar surface area (TPSA) is 52.1 Å². The minimum Gasteiger partial charge on any atom is -0.460 e. The predicted octanol–water partition coefficient (Wildman–Crippen LogP) is 14.6. The van der Waals surface area contributed by atoms with Crippen LogP contribution < -0.4 is 0 Å². The molecule has 0 radical (unpaired) electrons. The Morgan fingerprint density at radius 1 is 0.431 bits per heavy atom. The Balaban J connectivity index is 0.926. The van der Waals surface area contributed by atoms with Crippen LogP contribution in [0.25, 0.3) is 105 Å². The first kappa shape index (κ1) is 32.7. The van der Waals surface area contributed by atoms with Gasteiger partial charge in [-0.2, -0.15) is 0 Å². The Morgan fingerprint density at radius 3 is 1.71 bits per heavy atom. The normalized spacial score (nSPS) is 13.9. The second-order valence-corrected chi connectivity index (χ2v) is 15.2. The van der Waals surface area contributed by atoms with Gasteiger partial charge in [0.2, 0.25) is 0 Å². The summed E-state index contributed by atoms with van der Waals surface area (Å²) in [6.07, 6.45) is 9.20. The standard InChI is InChI=1S/C54H34N2O2/c1-3-13-39-37(11-1)35(23-25-41(39)45-17-9-19-47-43-15-5-7-21-51(43)57-53(45)47)33-27-29-55-49(31-33)50-32-34(28-30-56-50)36-24-26-42(40-14-4-2-12-38(36)40)46-18-10-20-48-44-16-6-8-22-52(44)58-54(46)48/h1-17,19-32,46H,18H2. The van der Waals surface area contributed by atoms with Gasteiger partial charge in [0.15, 0.2) is 0 Å². The lowest BCUT2D eigenvalue weighted by Crippen LogP contribution is -2.04. The lowest BCUT2D eigenvalue weighted by atomic mass is 9.83. The number of fused-ring (bicyclic) bond motifs is 8. The predicted molar refractivity (Wildman–Crippen MR) is 238 cm³/mol. The molecule has 0 N–H and O–H groups in total. The zero-order chi connectivity index (χ0) is 38.2. The van der Waals surface area contributed by atoms with Crippen LogP contribution in [0, 0.1) is 0 Å². The van der Waals surface area contributed by atoms with E-state index in [0.29, 0.717) is 0 Å². The summed E-state index contributed by atoms with van der Waals surface area (Å²) >= 11 is 0. The van der Waals surface area contributed by atoms with Crippen molar-refractivity contribution in [3.63, 3.8) is 0 Å². The fourth-order valence-corrected chi connectivity index (χ4v) is 9.31. The van der Waals surface area contributed by atoms with Crippen LogP contribution in [-0.4, -0.2) is 9.97 Å². The third-order valence-electron chi connectivity index (χ3n) is 12.0. The summed E-state index contributed by atoms with van der Waals surface area (Å²) in [6, 6.07) is 57.9. The fourth-order valence-electron chi connectivity index (χ4n) is 9.31. The summed E-state index contributed by atoms with van der Waals surface area (Å²) in [5, 5.41) is 8.20. The van der Waals surface area contributed by atoms with Gasteiger partial charge in [-0.25, -0.2) is 0 Å². The first-order valence-corrected chi connectivity index (χ1v) is 19.8. The van der Waals surface area contributed by atoms with Gasteiger partial charge >= 0.3 is 0 Å². The molecule has 4 heterocycles. The van der Waals surface area contributed by atoms with Crippen LogP contribution in [0.1, 0.15) is 29.2 Å². The van der Waals surface area contributed by atoms with E-state index >= 15 is 0 Å².